The minimum atomic E-state index is -0.622. The summed E-state index contributed by atoms with van der Waals surface area (Å²) in [5.74, 6) is 0.124. The third-order valence-corrected chi connectivity index (χ3v) is 7.54. The third kappa shape index (κ3) is 5.51. The maximum Gasteiger partial charge on any atom is 0.255 e. The lowest BCUT2D eigenvalue weighted by atomic mass is 10.0. The summed E-state index contributed by atoms with van der Waals surface area (Å²) in [7, 11) is 0. The molecule has 1 saturated heterocycles. The molecule has 2 unspecified atom stereocenters. The zero-order valence-corrected chi connectivity index (χ0v) is 22.6. The molecule has 9 heteroatoms. The molecule has 3 aromatic rings. The summed E-state index contributed by atoms with van der Waals surface area (Å²) >= 11 is 6.47. The summed E-state index contributed by atoms with van der Waals surface area (Å²) in [5, 5.41) is 6.82. The van der Waals surface area contributed by atoms with Crippen LogP contribution in [0.15, 0.2) is 48.7 Å². The predicted octanol–water partition coefficient (Wildman–Crippen LogP) is 4.92. The monoisotopic (exact) mass is 533 g/mol. The number of halogens is 1. The maximum atomic E-state index is 13.4. The van der Waals surface area contributed by atoms with Crippen molar-refractivity contribution < 1.29 is 14.3 Å². The lowest BCUT2D eigenvalue weighted by Gasteiger charge is -2.25. The van der Waals surface area contributed by atoms with Gasteiger partial charge in [-0.25, -0.2) is 9.97 Å². The van der Waals surface area contributed by atoms with Crippen LogP contribution in [0.2, 0.25) is 5.02 Å². The van der Waals surface area contributed by atoms with E-state index < -0.39 is 6.04 Å². The first-order chi connectivity index (χ1) is 18.3. The van der Waals surface area contributed by atoms with Crippen LogP contribution < -0.4 is 10.6 Å². The van der Waals surface area contributed by atoms with Crippen LogP contribution in [-0.2, 0) is 16.1 Å². The molecule has 1 aromatic heterocycles. The fraction of sp³-hybridized carbons (Fsp3) is 0.379. The first-order valence-corrected chi connectivity index (χ1v) is 13.4. The molecule has 2 aromatic carbocycles. The molecule has 38 heavy (non-hydrogen) atoms. The largest absolute Gasteiger partial charge is 0.381 e. The van der Waals surface area contributed by atoms with Crippen molar-refractivity contribution in [3.8, 4) is 11.3 Å². The van der Waals surface area contributed by atoms with Gasteiger partial charge >= 0.3 is 0 Å². The lowest BCUT2D eigenvalue weighted by molar-refractivity contribution is -0.125. The fourth-order valence-electron chi connectivity index (χ4n) is 4.95. The van der Waals surface area contributed by atoms with E-state index in [1.165, 1.54) is 0 Å². The van der Waals surface area contributed by atoms with Gasteiger partial charge < -0.3 is 20.3 Å². The van der Waals surface area contributed by atoms with Crippen molar-refractivity contribution in [1.29, 1.82) is 0 Å². The Hall–Kier alpha value is -3.49. The summed E-state index contributed by atoms with van der Waals surface area (Å²) in [6.07, 6.45) is 3.36. The van der Waals surface area contributed by atoms with Crippen molar-refractivity contribution in [2.75, 3.05) is 18.5 Å². The molecule has 1 fully saturated rings. The topological polar surface area (TPSA) is 96.5 Å². The molecule has 2 atom stereocenters. The second-order valence-corrected chi connectivity index (χ2v) is 10.5. The van der Waals surface area contributed by atoms with Crippen LogP contribution in [-0.4, -0.2) is 52.0 Å². The van der Waals surface area contributed by atoms with Gasteiger partial charge in [0.25, 0.3) is 5.91 Å². The number of aryl methyl sites for hydroxylation is 1. The number of anilines is 1. The summed E-state index contributed by atoms with van der Waals surface area (Å²) in [6.45, 7) is 7.52. The van der Waals surface area contributed by atoms with E-state index >= 15 is 0 Å². The highest BCUT2D eigenvalue weighted by atomic mass is 35.5. The Morgan fingerprint density at radius 3 is 2.71 bits per heavy atom. The molecule has 3 heterocycles. The first kappa shape index (κ1) is 26.1. The van der Waals surface area contributed by atoms with Gasteiger partial charge in [0.05, 0.1) is 23.0 Å². The second kappa shape index (κ2) is 11.1. The number of hydrogen-bond acceptors (Lipinski definition) is 6. The number of hydrogen-bond donors (Lipinski definition) is 2. The Morgan fingerprint density at radius 1 is 1.16 bits per heavy atom. The average Bonchev–Trinajstić information content (AvgIpc) is 3.25. The van der Waals surface area contributed by atoms with Crippen LogP contribution >= 0.6 is 11.6 Å². The molecule has 2 N–H and O–H groups in total. The Balaban J connectivity index is 1.30. The van der Waals surface area contributed by atoms with Crippen LogP contribution in [0.4, 0.5) is 5.95 Å². The molecule has 5 rings (SSSR count). The van der Waals surface area contributed by atoms with Gasteiger partial charge in [-0.1, -0.05) is 53.6 Å². The second-order valence-electron chi connectivity index (χ2n) is 10.0. The Bertz CT molecular complexity index is 1360. The van der Waals surface area contributed by atoms with Crippen molar-refractivity contribution in [2.24, 2.45) is 0 Å². The highest BCUT2D eigenvalue weighted by Crippen LogP contribution is 2.32. The number of rotatable bonds is 7. The molecule has 198 valence electrons. The summed E-state index contributed by atoms with van der Waals surface area (Å²) in [5.41, 5.74) is 4.87. The SMILES string of the molecule is Cc1cccc(C(C)NC(=O)C(C)N2Cc3ccc(-c4nc(NC5CCOCC5)ncc4Cl)cc3C2=O)c1. The van der Waals surface area contributed by atoms with E-state index in [0.29, 0.717) is 42.0 Å². The highest BCUT2D eigenvalue weighted by Gasteiger charge is 2.34. The third-order valence-electron chi connectivity index (χ3n) is 7.26. The van der Waals surface area contributed by atoms with Crippen molar-refractivity contribution in [3.63, 3.8) is 0 Å². The minimum Gasteiger partial charge on any atom is -0.381 e. The fourth-order valence-corrected chi connectivity index (χ4v) is 5.15. The zero-order valence-electron chi connectivity index (χ0n) is 21.8. The van der Waals surface area contributed by atoms with Crippen molar-refractivity contribution in [1.82, 2.24) is 20.2 Å². The van der Waals surface area contributed by atoms with E-state index in [4.69, 9.17) is 16.3 Å². The molecule has 0 aliphatic carbocycles. The van der Waals surface area contributed by atoms with Gasteiger partial charge in [-0.3, -0.25) is 9.59 Å². The number of ether oxygens (including phenoxy) is 1. The van der Waals surface area contributed by atoms with Gasteiger partial charge in [0, 0.05) is 36.9 Å². The van der Waals surface area contributed by atoms with Crippen LogP contribution in [0.1, 0.15) is 59.8 Å². The molecule has 0 bridgehead atoms. The molecule has 0 radical (unpaired) electrons. The lowest BCUT2D eigenvalue weighted by Crippen LogP contribution is -2.45. The highest BCUT2D eigenvalue weighted by molar-refractivity contribution is 6.33. The van der Waals surface area contributed by atoms with Crippen LogP contribution in [0.25, 0.3) is 11.3 Å². The van der Waals surface area contributed by atoms with Gasteiger partial charge in [0.2, 0.25) is 11.9 Å². The molecule has 2 amide bonds. The van der Waals surface area contributed by atoms with Gasteiger partial charge in [0.15, 0.2) is 0 Å². The van der Waals surface area contributed by atoms with E-state index in [0.717, 1.165) is 35.1 Å². The number of aromatic nitrogens is 2. The van der Waals surface area contributed by atoms with E-state index in [2.05, 4.69) is 26.7 Å². The van der Waals surface area contributed by atoms with Crippen LogP contribution in [0.5, 0.6) is 0 Å². The van der Waals surface area contributed by atoms with Gasteiger partial charge in [-0.15, -0.1) is 0 Å². The molecule has 2 aliphatic heterocycles. The Kier molecular flexibility index (Phi) is 7.63. The quantitative estimate of drug-likeness (QED) is 0.447. The number of carbonyl (C=O) groups excluding carboxylic acids is 2. The zero-order chi connectivity index (χ0) is 26.8. The molecular weight excluding hydrogens is 502 g/mol. The number of amides is 2. The molecule has 2 aliphatic rings. The number of fused-ring (bicyclic) bond motifs is 1. The average molecular weight is 534 g/mol. The van der Waals surface area contributed by atoms with E-state index in [1.54, 1.807) is 18.0 Å². The number of nitrogens with one attached hydrogen (secondary N) is 2. The van der Waals surface area contributed by atoms with E-state index in [1.807, 2.05) is 50.2 Å². The van der Waals surface area contributed by atoms with Crippen LogP contribution in [0.3, 0.4) is 0 Å². The Labute approximate surface area is 227 Å². The van der Waals surface area contributed by atoms with Crippen molar-refractivity contribution >= 4 is 29.4 Å². The number of nitrogens with zero attached hydrogens (tertiary/aromatic N) is 3. The van der Waals surface area contributed by atoms with E-state index in [9.17, 15) is 9.59 Å². The standard InChI is InChI=1S/C29H32ClN5O3/c1-17-5-4-6-20(13-17)18(2)32-27(36)19(3)35-16-22-8-7-21(14-24(22)28(35)37)26-25(30)15-31-29(34-26)33-23-9-11-38-12-10-23/h4-8,13-15,18-19,23H,9-12,16H2,1-3H3,(H,32,36)(H,31,33,34). The summed E-state index contributed by atoms with van der Waals surface area (Å²) in [4.78, 5) is 37.1. The van der Waals surface area contributed by atoms with Crippen LogP contribution in [0, 0.1) is 6.92 Å². The number of carbonyl (C=O) groups is 2. The minimum absolute atomic E-state index is 0.166. The van der Waals surface area contributed by atoms with Crippen molar-refractivity contribution in [2.45, 2.75) is 58.3 Å². The number of benzene rings is 2. The Morgan fingerprint density at radius 2 is 1.95 bits per heavy atom. The normalized spacial score (nSPS) is 17.2. The molecule has 8 nitrogen and oxygen atoms in total. The summed E-state index contributed by atoms with van der Waals surface area (Å²) in [6, 6.07) is 13.1. The summed E-state index contributed by atoms with van der Waals surface area (Å²) < 4.78 is 5.42. The predicted molar refractivity (Wildman–Crippen MR) is 147 cm³/mol. The van der Waals surface area contributed by atoms with Crippen molar-refractivity contribution in [3.05, 3.63) is 75.9 Å². The molecule has 0 spiro atoms. The first-order valence-electron chi connectivity index (χ1n) is 13.0. The van der Waals surface area contributed by atoms with E-state index in [-0.39, 0.29) is 23.9 Å². The van der Waals surface area contributed by atoms with Gasteiger partial charge in [0.1, 0.15) is 6.04 Å². The molecular formula is C29H32ClN5O3. The smallest absolute Gasteiger partial charge is 0.255 e. The van der Waals surface area contributed by atoms with Gasteiger partial charge in [-0.2, -0.15) is 0 Å². The van der Waals surface area contributed by atoms with Gasteiger partial charge in [-0.05, 0) is 50.8 Å². The molecule has 0 saturated carbocycles. The maximum absolute atomic E-state index is 13.4.